The van der Waals surface area contributed by atoms with E-state index in [-0.39, 0.29) is 6.03 Å². The average Bonchev–Trinajstić information content (AvgIpc) is 3.07. The van der Waals surface area contributed by atoms with E-state index < -0.39 is 0 Å². The van der Waals surface area contributed by atoms with Crippen molar-refractivity contribution >= 4 is 11.7 Å². The lowest BCUT2D eigenvalue weighted by molar-refractivity contribution is 0.140. The average molecular weight is 375 g/mol. The number of hydrogen-bond acceptors (Lipinski definition) is 7. The molecule has 1 fully saturated rings. The molecule has 146 valence electrons. The number of nitrogens with zero attached hydrogens (tertiary/aromatic N) is 4. The highest BCUT2D eigenvalue weighted by atomic mass is 16.5. The second kappa shape index (κ2) is 9.33. The summed E-state index contributed by atoms with van der Waals surface area (Å²) in [6, 6.07) is 7.24. The Bertz CT molecular complexity index is 743. The van der Waals surface area contributed by atoms with E-state index in [1.54, 1.807) is 18.9 Å². The van der Waals surface area contributed by atoms with E-state index in [0.29, 0.717) is 56.0 Å². The number of aryl methyl sites for hydroxylation is 1. The summed E-state index contributed by atoms with van der Waals surface area (Å²) in [5.74, 6) is 1.94. The number of amides is 2. The molecule has 1 aromatic carbocycles. The van der Waals surface area contributed by atoms with Crippen LogP contribution in [0.2, 0.25) is 0 Å². The Kier molecular flexibility index (Phi) is 6.61. The SMILES string of the molecule is COCCOc1cccc(NC(=O)N2CCN(Cc3noc(C)n3)CC2)c1. The smallest absolute Gasteiger partial charge is 0.321 e. The quantitative estimate of drug-likeness (QED) is 0.737. The number of benzene rings is 1. The molecule has 27 heavy (non-hydrogen) atoms. The van der Waals surface area contributed by atoms with Gasteiger partial charge in [0.25, 0.3) is 0 Å². The van der Waals surface area contributed by atoms with Crippen LogP contribution >= 0.6 is 0 Å². The highest BCUT2D eigenvalue weighted by Gasteiger charge is 2.22. The molecular formula is C18H25N5O4. The molecule has 0 atom stereocenters. The zero-order valence-electron chi connectivity index (χ0n) is 15.7. The molecule has 2 heterocycles. The Morgan fingerprint density at radius 3 is 2.78 bits per heavy atom. The van der Waals surface area contributed by atoms with Gasteiger partial charge in [0, 0.05) is 52.0 Å². The molecule has 1 aromatic heterocycles. The van der Waals surface area contributed by atoms with E-state index in [4.69, 9.17) is 14.0 Å². The molecule has 0 aliphatic carbocycles. The van der Waals surface area contributed by atoms with Crippen LogP contribution in [0.25, 0.3) is 0 Å². The first kappa shape index (κ1) is 19.1. The summed E-state index contributed by atoms with van der Waals surface area (Å²) < 4.78 is 15.5. The van der Waals surface area contributed by atoms with Gasteiger partial charge >= 0.3 is 6.03 Å². The van der Waals surface area contributed by atoms with Crippen molar-refractivity contribution in [3.63, 3.8) is 0 Å². The number of anilines is 1. The Morgan fingerprint density at radius 2 is 2.07 bits per heavy atom. The van der Waals surface area contributed by atoms with Crippen molar-refractivity contribution < 1.29 is 18.8 Å². The summed E-state index contributed by atoms with van der Waals surface area (Å²) in [6.07, 6.45) is 0. The lowest BCUT2D eigenvalue weighted by Crippen LogP contribution is -2.49. The van der Waals surface area contributed by atoms with Gasteiger partial charge in [0.15, 0.2) is 5.82 Å². The molecule has 9 nitrogen and oxygen atoms in total. The van der Waals surface area contributed by atoms with E-state index in [1.807, 2.05) is 24.3 Å². The molecule has 0 radical (unpaired) electrons. The maximum absolute atomic E-state index is 12.5. The summed E-state index contributed by atoms with van der Waals surface area (Å²) in [4.78, 5) is 20.7. The van der Waals surface area contributed by atoms with Gasteiger partial charge in [-0.25, -0.2) is 4.79 Å². The van der Waals surface area contributed by atoms with E-state index in [2.05, 4.69) is 20.4 Å². The second-order valence-corrected chi connectivity index (χ2v) is 6.29. The van der Waals surface area contributed by atoms with Crippen LogP contribution in [-0.2, 0) is 11.3 Å². The summed E-state index contributed by atoms with van der Waals surface area (Å²) in [6.45, 7) is 6.21. The number of urea groups is 1. The van der Waals surface area contributed by atoms with Crippen LogP contribution in [0, 0.1) is 6.92 Å². The fourth-order valence-electron chi connectivity index (χ4n) is 2.82. The fraction of sp³-hybridized carbons (Fsp3) is 0.500. The van der Waals surface area contributed by atoms with Crippen molar-refractivity contribution in [1.82, 2.24) is 19.9 Å². The van der Waals surface area contributed by atoms with Crippen LogP contribution in [0.15, 0.2) is 28.8 Å². The number of carbonyl (C=O) groups excluding carboxylic acids is 1. The van der Waals surface area contributed by atoms with Gasteiger partial charge in [0.2, 0.25) is 5.89 Å². The fourth-order valence-corrected chi connectivity index (χ4v) is 2.82. The zero-order chi connectivity index (χ0) is 19.1. The highest BCUT2D eigenvalue weighted by Crippen LogP contribution is 2.18. The molecule has 0 spiro atoms. The molecule has 0 bridgehead atoms. The molecule has 1 aliphatic rings. The lowest BCUT2D eigenvalue weighted by atomic mass is 10.3. The minimum atomic E-state index is -0.112. The van der Waals surface area contributed by atoms with Crippen LogP contribution in [0.1, 0.15) is 11.7 Å². The summed E-state index contributed by atoms with van der Waals surface area (Å²) in [7, 11) is 1.63. The van der Waals surface area contributed by atoms with E-state index >= 15 is 0 Å². The molecule has 2 amide bonds. The van der Waals surface area contributed by atoms with Gasteiger partial charge in [-0.1, -0.05) is 11.2 Å². The highest BCUT2D eigenvalue weighted by molar-refractivity contribution is 5.89. The van der Waals surface area contributed by atoms with Gasteiger partial charge < -0.3 is 24.2 Å². The van der Waals surface area contributed by atoms with E-state index in [9.17, 15) is 4.79 Å². The first-order valence-corrected chi connectivity index (χ1v) is 8.93. The number of piperazine rings is 1. The van der Waals surface area contributed by atoms with Crippen molar-refractivity contribution in [1.29, 1.82) is 0 Å². The van der Waals surface area contributed by atoms with Crippen molar-refractivity contribution in [3.05, 3.63) is 36.0 Å². The standard InChI is InChI=1S/C18H25N5O4/c1-14-19-17(21-27-14)13-22-6-8-23(9-7-22)18(24)20-15-4-3-5-16(12-15)26-11-10-25-2/h3-5,12H,6-11,13H2,1-2H3,(H,20,24). The molecular weight excluding hydrogens is 350 g/mol. The minimum Gasteiger partial charge on any atom is -0.491 e. The zero-order valence-corrected chi connectivity index (χ0v) is 15.7. The predicted octanol–water partition coefficient (Wildman–Crippen LogP) is 1.75. The van der Waals surface area contributed by atoms with Gasteiger partial charge in [0.05, 0.1) is 13.2 Å². The Hall–Kier alpha value is -2.65. The van der Waals surface area contributed by atoms with Gasteiger partial charge in [-0.15, -0.1) is 0 Å². The second-order valence-electron chi connectivity index (χ2n) is 6.29. The van der Waals surface area contributed by atoms with Crippen molar-refractivity contribution in [2.75, 3.05) is 51.8 Å². The number of ether oxygens (including phenoxy) is 2. The molecule has 0 saturated carbocycles. The molecule has 9 heteroatoms. The predicted molar refractivity (Wildman–Crippen MR) is 98.7 cm³/mol. The third kappa shape index (κ3) is 5.66. The van der Waals surface area contributed by atoms with Gasteiger partial charge in [-0.3, -0.25) is 4.90 Å². The summed E-state index contributed by atoms with van der Waals surface area (Å²) >= 11 is 0. The van der Waals surface area contributed by atoms with Gasteiger partial charge in [-0.05, 0) is 12.1 Å². The summed E-state index contributed by atoms with van der Waals surface area (Å²) in [5.41, 5.74) is 0.708. The number of nitrogens with one attached hydrogen (secondary N) is 1. The Morgan fingerprint density at radius 1 is 1.26 bits per heavy atom. The van der Waals surface area contributed by atoms with Gasteiger partial charge in [-0.2, -0.15) is 4.98 Å². The topological polar surface area (TPSA) is 93.0 Å². The number of carbonyl (C=O) groups is 1. The largest absolute Gasteiger partial charge is 0.491 e. The Labute approximate surface area is 158 Å². The monoisotopic (exact) mass is 375 g/mol. The van der Waals surface area contributed by atoms with Crippen LogP contribution in [0.3, 0.4) is 0 Å². The van der Waals surface area contributed by atoms with Crippen LogP contribution in [-0.4, -0.2) is 72.5 Å². The third-order valence-electron chi connectivity index (χ3n) is 4.24. The molecule has 1 aliphatic heterocycles. The number of hydrogen-bond donors (Lipinski definition) is 1. The van der Waals surface area contributed by atoms with E-state index in [0.717, 1.165) is 13.1 Å². The van der Waals surface area contributed by atoms with Crippen molar-refractivity contribution in [3.8, 4) is 5.75 Å². The summed E-state index contributed by atoms with van der Waals surface area (Å²) in [5, 5.41) is 6.84. The maximum Gasteiger partial charge on any atom is 0.321 e. The number of aromatic nitrogens is 2. The molecule has 0 unspecified atom stereocenters. The van der Waals surface area contributed by atoms with Crippen molar-refractivity contribution in [2.45, 2.75) is 13.5 Å². The van der Waals surface area contributed by atoms with Crippen LogP contribution in [0.5, 0.6) is 5.75 Å². The normalized spacial score (nSPS) is 15.0. The molecule has 1 saturated heterocycles. The third-order valence-corrected chi connectivity index (χ3v) is 4.24. The maximum atomic E-state index is 12.5. The van der Waals surface area contributed by atoms with Crippen LogP contribution in [0.4, 0.5) is 10.5 Å². The first-order chi connectivity index (χ1) is 13.1. The van der Waals surface area contributed by atoms with E-state index in [1.165, 1.54) is 0 Å². The Balaban J connectivity index is 1.46. The molecule has 1 N–H and O–H groups in total. The van der Waals surface area contributed by atoms with Crippen molar-refractivity contribution in [2.24, 2.45) is 0 Å². The number of methoxy groups -OCH3 is 1. The van der Waals surface area contributed by atoms with Crippen LogP contribution < -0.4 is 10.1 Å². The molecule has 2 aromatic rings. The number of rotatable bonds is 7. The molecule has 3 rings (SSSR count). The lowest BCUT2D eigenvalue weighted by Gasteiger charge is -2.34. The van der Waals surface area contributed by atoms with Gasteiger partial charge in [0.1, 0.15) is 12.4 Å². The first-order valence-electron chi connectivity index (χ1n) is 8.93. The minimum absolute atomic E-state index is 0.112.